The number of carbonyl (C=O) groups excluding carboxylic acids is 1. The Morgan fingerprint density at radius 3 is 2.85 bits per heavy atom. The Morgan fingerprint density at radius 2 is 2.15 bits per heavy atom. The van der Waals surface area contributed by atoms with Gasteiger partial charge < -0.3 is 10.2 Å². The van der Waals surface area contributed by atoms with Crippen LogP contribution in [0.4, 0.5) is 5.95 Å². The number of hydrogen-bond donors (Lipinski definition) is 1. The van der Waals surface area contributed by atoms with Gasteiger partial charge in [0.2, 0.25) is 11.9 Å². The molecule has 1 aromatic rings. The normalized spacial score (nSPS) is 27.1. The molecule has 0 saturated carbocycles. The first-order valence-corrected chi connectivity index (χ1v) is 7.18. The first-order chi connectivity index (χ1) is 9.63. The van der Waals surface area contributed by atoms with Crippen molar-refractivity contribution in [3.05, 3.63) is 18.0 Å². The van der Waals surface area contributed by atoms with E-state index >= 15 is 0 Å². The standard InChI is InChI=1S/C14H21N5O/c1-3-19-8-12(20)17-9-14(19)4-5-18(10-14)13-15-6-11(2)7-16-13/h6-7H,3-5,8-10H2,1-2H3,(H,17,20)/t14-/m1/s1. The van der Waals surface area contributed by atoms with Crippen molar-refractivity contribution in [2.75, 3.05) is 37.6 Å². The van der Waals surface area contributed by atoms with Gasteiger partial charge in [-0.15, -0.1) is 0 Å². The van der Waals surface area contributed by atoms with E-state index < -0.39 is 0 Å². The summed E-state index contributed by atoms with van der Waals surface area (Å²) < 4.78 is 0. The Balaban J connectivity index is 1.78. The number of hydrogen-bond acceptors (Lipinski definition) is 5. The van der Waals surface area contributed by atoms with E-state index in [1.54, 1.807) is 0 Å². The predicted molar refractivity (Wildman–Crippen MR) is 76.6 cm³/mol. The molecular formula is C14H21N5O. The van der Waals surface area contributed by atoms with E-state index in [4.69, 9.17) is 0 Å². The van der Waals surface area contributed by atoms with Gasteiger partial charge >= 0.3 is 0 Å². The zero-order chi connectivity index (χ0) is 14.2. The Bertz CT molecular complexity index is 503. The van der Waals surface area contributed by atoms with Gasteiger partial charge in [0.25, 0.3) is 0 Å². The van der Waals surface area contributed by atoms with Gasteiger partial charge in [0, 0.05) is 32.0 Å². The number of likely N-dealkylation sites (N-methyl/N-ethyl adjacent to an activating group) is 1. The highest BCUT2D eigenvalue weighted by atomic mass is 16.2. The average Bonchev–Trinajstić information content (AvgIpc) is 2.88. The summed E-state index contributed by atoms with van der Waals surface area (Å²) in [5, 5.41) is 3.01. The van der Waals surface area contributed by atoms with E-state index in [1.807, 2.05) is 19.3 Å². The molecule has 3 rings (SSSR count). The highest BCUT2D eigenvalue weighted by Gasteiger charge is 2.46. The van der Waals surface area contributed by atoms with Crippen LogP contribution in [0, 0.1) is 6.92 Å². The van der Waals surface area contributed by atoms with Crippen molar-refractivity contribution < 1.29 is 4.79 Å². The van der Waals surface area contributed by atoms with E-state index in [9.17, 15) is 4.79 Å². The molecule has 1 atom stereocenters. The lowest BCUT2D eigenvalue weighted by molar-refractivity contribution is -0.127. The summed E-state index contributed by atoms with van der Waals surface area (Å²) in [6.45, 7) is 8.05. The SMILES string of the molecule is CCN1CC(=O)NC[C@@]12CCN(c1ncc(C)cn1)C2. The van der Waals surface area contributed by atoms with Crippen LogP contribution in [0.3, 0.4) is 0 Å². The van der Waals surface area contributed by atoms with E-state index in [0.29, 0.717) is 6.54 Å². The van der Waals surface area contributed by atoms with Crippen LogP contribution in [0.5, 0.6) is 0 Å². The quantitative estimate of drug-likeness (QED) is 0.834. The highest BCUT2D eigenvalue weighted by molar-refractivity contribution is 5.79. The van der Waals surface area contributed by atoms with Crippen molar-refractivity contribution >= 4 is 11.9 Å². The zero-order valence-corrected chi connectivity index (χ0v) is 12.1. The molecule has 2 aliphatic heterocycles. The molecule has 0 unspecified atom stereocenters. The predicted octanol–water partition coefficient (Wildman–Crippen LogP) is 0.186. The summed E-state index contributed by atoms with van der Waals surface area (Å²) in [6, 6.07) is 0. The molecule has 2 aliphatic rings. The lowest BCUT2D eigenvalue weighted by Crippen LogP contribution is -2.64. The molecule has 6 heteroatoms. The lowest BCUT2D eigenvalue weighted by atomic mass is 9.93. The molecule has 108 valence electrons. The fourth-order valence-corrected chi connectivity index (χ4v) is 3.20. The third-order valence-electron chi connectivity index (χ3n) is 4.38. The maximum absolute atomic E-state index is 11.6. The summed E-state index contributed by atoms with van der Waals surface area (Å²) in [4.78, 5) is 24.9. The number of piperazine rings is 1. The molecule has 1 amide bonds. The molecule has 20 heavy (non-hydrogen) atoms. The van der Waals surface area contributed by atoms with E-state index in [0.717, 1.165) is 44.1 Å². The zero-order valence-electron chi connectivity index (χ0n) is 12.1. The van der Waals surface area contributed by atoms with E-state index in [2.05, 4.69) is 32.0 Å². The molecular weight excluding hydrogens is 254 g/mol. The Morgan fingerprint density at radius 1 is 1.40 bits per heavy atom. The van der Waals surface area contributed by atoms with Crippen LogP contribution in [0.2, 0.25) is 0 Å². The van der Waals surface area contributed by atoms with Crippen molar-refractivity contribution in [2.45, 2.75) is 25.8 Å². The van der Waals surface area contributed by atoms with Crippen molar-refractivity contribution in [2.24, 2.45) is 0 Å². The van der Waals surface area contributed by atoms with Crippen LogP contribution in [0.25, 0.3) is 0 Å². The third kappa shape index (κ3) is 2.24. The Kier molecular flexibility index (Phi) is 3.33. The van der Waals surface area contributed by atoms with Crippen LogP contribution in [-0.4, -0.2) is 59.0 Å². The van der Waals surface area contributed by atoms with Gasteiger partial charge in [-0.1, -0.05) is 6.92 Å². The van der Waals surface area contributed by atoms with Crippen molar-refractivity contribution in [3.63, 3.8) is 0 Å². The summed E-state index contributed by atoms with van der Waals surface area (Å²) in [7, 11) is 0. The summed E-state index contributed by atoms with van der Waals surface area (Å²) >= 11 is 0. The van der Waals surface area contributed by atoms with Gasteiger partial charge in [-0.3, -0.25) is 9.69 Å². The molecule has 0 bridgehead atoms. The average molecular weight is 275 g/mol. The topological polar surface area (TPSA) is 61.4 Å². The van der Waals surface area contributed by atoms with Gasteiger partial charge in [0.1, 0.15) is 0 Å². The van der Waals surface area contributed by atoms with Crippen LogP contribution < -0.4 is 10.2 Å². The van der Waals surface area contributed by atoms with E-state index in [1.165, 1.54) is 0 Å². The largest absolute Gasteiger partial charge is 0.353 e. The Labute approximate surface area is 119 Å². The minimum Gasteiger partial charge on any atom is -0.353 e. The van der Waals surface area contributed by atoms with Gasteiger partial charge in [0.15, 0.2) is 0 Å². The van der Waals surface area contributed by atoms with Crippen LogP contribution >= 0.6 is 0 Å². The fraction of sp³-hybridized carbons (Fsp3) is 0.643. The number of carbonyl (C=O) groups is 1. The van der Waals surface area contributed by atoms with Crippen LogP contribution in [0.1, 0.15) is 18.9 Å². The first kappa shape index (κ1) is 13.3. The number of anilines is 1. The maximum Gasteiger partial charge on any atom is 0.234 e. The van der Waals surface area contributed by atoms with Gasteiger partial charge in [0.05, 0.1) is 12.1 Å². The molecule has 1 spiro atoms. The second-order valence-electron chi connectivity index (χ2n) is 5.75. The smallest absolute Gasteiger partial charge is 0.234 e. The molecule has 2 fully saturated rings. The first-order valence-electron chi connectivity index (χ1n) is 7.18. The van der Waals surface area contributed by atoms with Crippen molar-refractivity contribution in [1.29, 1.82) is 0 Å². The molecule has 0 radical (unpaired) electrons. The number of nitrogens with zero attached hydrogens (tertiary/aromatic N) is 4. The number of amides is 1. The van der Waals surface area contributed by atoms with E-state index in [-0.39, 0.29) is 11.4 Å². The lowest BCUT2D eigenvalue weighted by Gasteiger charge is -2.43. The molecule has 0 aliphatic carbocycles. The highest BCUT2D eigenvalue weighted by Crippen LogP contribution is 2.31. The van der Waals surface area contributed by atoms with Gasteiger partial charge in [-0.05, 0) is 25.5 Å². The summed E-state index contributed by atoms with van der Waals surface area (Å²) in [6.07, 6.45) is 4.75. The van der Waals surface area contributed by atoms with Gasteiger partial charge in [-0.25, -0.2) is 9.97 Å². The van der Waals surface area contributed by atoms with Crippen molar-refractivity contribution in [3.8, 4) is 0 Å². The minimum absolute atomic E-state index is 0.0386. The second-order valence-corrected chi connectivity index (χ2v) is 5.75. The number of aromatic nitrogens is 2. The van der Waals surface area contributed by atoms with Crippen LogP contribution in [-0.2, 0) is 4.79 Å². The Hall–Kier alpha value is -1.69. The minimum atomic E-state index is 0.0386. The number of nitrogens with one attached hydrogen (secondary N) is 1. The maximum atomic E-state index is 11.6. The molecule has 1 N–H and O–H groups in total. The fourth-order valence-electron chi connectivity index (χ4n) is 3.20. The summed E-state index contributed by atoms with van der Waals surface area (Å²) in [5.41, 5.74) is 1.11. The number of aryl methyl sites for hydroxylation is 1. The molecule has 2 saturated heterocycles. The molecule has 6 nitrogen and oxygen atoms in total. The van der Waals surface area contributed by atoms with Gasteiger partial charge in [-0.2, -0.15) is 0 Å². The summed E-state index contributed by atoms with van der Waals surface area (Å²) in [5.74, 6) is 0.919. The van der Waals surface area contributed by atoms with Crippen molar-refractivity contribution in [1.82, 2.24) is 20.2 Å². The second kappa shape index (κ2) is 5.01. The third-order valence-corrected chi connectivity index (χ3v) is 4.38. The monoisotopic (exact) mass is 275 g/mol. The molecule has 3 heterocycles. The number of rotatable bonds is 2. The molecule has 1 aromatic heterocycles. The van der Waals surface area contributed by atoms with Crippen LogP contribution in [0.15, 0.2) is 12.4 Å². The molecule has 0 aromatic carbocycles.